The molecule has 7 heteroatoms. The molecule has 0 unspecified atom stereocenters. The Balaban J connectivity index is 1.66. The van der Waals surface area contributed by atoms with Crippen molar-refractivity contribution in [3.8, 4) is 28.8 Å². The number of nitrogens with zero attached hydrogens (tertiary/aromatic N) is 1. The minimum absolute atomic E-state index is 0.129. The third-order valence-electron chi connectivity index (χ3n) is 4.16. The van der Waals surface area contributed by atoms with Crippen LogP contribution in [0.1, 0.15) is 26.4 Å². The van der Waals surface area contributed by atoms with E-state index in [-0.39, 0.29) is 18.4 Å². The van der Waals surface area contributed by atoms with Crippen molar-refractivity contribution in [2.24, 2.45) is 0 Å². The number of amides is 2. The van der Waals surface area contributed by atoms with Crippen molar-refractivity contribution in [2.45, 2.75) is 0 Å². The number of benzene rings is 2. The molecule has 7 nitrogen and oxygen atoms in total. The molecule has 3 aromatic rings. The molecule has 0 fully saturated rings. The lowest BCUT2D eigenvalue weighted by Gasteiger charge is -2.04. The molecule has 0 saturated heterocycles. The minimum atomic E-state index is -0.326. The third kappa shape index (κ3) is 4.62. The van der Waals surface area contributed by atoms with Gasteiger partial charge in [0.2, 0.25) is 0 Å². The Morgan fingerprint density at radius 2 is 1.86 bits per heavy atom. The summed E-state index contributed by atoms with van der Waals surface area (Å²) in [5, 5.41) is 12.2. The van der Waals surface area contributed by atoms with Crippen molar-refractivity contribution in [1.29, 1.82) is 0 Å². The topological polar surface area (TPSA) is 96.1 Å². The zero-order chi connectivity index (χ0) is 20.6. The van der Waals surface area contributed by atoms with E-state index < -0.39 is 0 Å². The monoisotopic (exact) mass is 388 g/mol. The molecule has 0 radical (unpaired) electrons. The first-order valence-electron chi connectivity index (χ1n) is 8.91. The molecule has 0 spiro atoms. The van der Waals surface area contributed by atoms with Crippen LogP contribution in [0.25, 0.3) is 11.3 Å². The van der Waals surface area contributed by atoms with E-state index in [1.807, 2.05) is 24.3 Å². The maximum atomic E-state index is 12.3. The van der Waals surface area contributed by atoms with Crippen molar-refractivity contribution < 1.29 is 14.3 Å². The molecule has 3 N–H and O–H groups in total. The highest BCUT2D eigenvalue weighted by Crippen LogP contribution is 2.28. The van der Waals surface area contributed by atoms with Crippen LogP contribution in [0.2, 0.25) is 0 Å². The van der Waals surface area contributed by atoms with E-state index in [0.717, 1.165) is 5.56 Å². The van der Waals surface area contributed by atoms with Gasteiger partial charge >= 0.3 is 0 Å². The first kappa shape index (κ1) is 19.7. The molecule has 0 aliphatic rings. The molecule has 0 aliphatic heterocycles. The summed E-state index contributed by atoms with van der Waals surface area (Å²) >= 11 is 0. The highest BCUT2D eigenvalue weighted by Gasteiger charge is 2.13. The highest BCUT2D eigenvalue weighted by atomic mass is 16.5. The van der Waals surface area contributed by atoms with Gasteiger partial charge in [0, 0.05) is 18.2 Å². The fraction of sp³-hybridized carbons (Fsp3) is 0.136. The lowest BCUT2D eigenvalue weighted by molar-refractivity contribution is 0.0948. The zero-order valence-corrected chi connectivity index (χ0v) is 16.1. The summed E-state index contributed by atoms with van der Waals surface area (Å²) in [7, 11) is 3.15. The fourth-order valence-electron chi connectivity index (χ4n) is 2.72. The van der Waals surface area contributed by atoms with E-state index in [1.165, 1.54) is 0 Å². The summed E-state index contributed by atoms with van der Waals surface area (Å²) in [6, 6.07) is 16.1. The number of carbonyl (C=O) groups is 2. The number of carbonyl (C=O) groups excluding carboxylic acids is 2. The zero-order valence-electron chi connectivity index (χ0n) is 16.1. The highest BCUT2D eigenvalue weighted by molar-refractivity contribution is 5.96. The second kappa shape index (κ2) is 9.24. The number of H-pyrrole nitrogens is 1. The van der Waals surface area contributed by atoms with Crippen LogP contribution >= 0.6 is 0 Å². The Bertz CT molecular complexity index is 1090. The molecule has 0 atom stereocenters. The average Bonchev–Trinajstić information content (AvgIpc) is 3.26. The van der Waals surface area contributed by atoms with E-state index in [0.29, 0.717) is 28.3 Å². The minimum Gasteiger partial charge on any atom is -0.496 e. The molecule has 1 aromatic heterocycles. The molecule has 2 amide bonds. The summed E-state index contributed by atoms with van der Waals surface area (Å²) in [5.74, 6) is 5.91. The average molecular weight is 388 g/mol. The van der Waals surface area contributed by atoms with Gasteiger partial charge in [-0.3, -0.25) is 14.7 Å². The van der Waals surface area contributed by atoms with Crippen LogP contribution in [0.3, 0.4) is 0 Å². The lowest BCUT2D eigenvalue weighted by Crippen LogP contribution is -2.24. The van der Waals surface area contributed by atoms with Crippen molar-refractivity contribution in [3.63, 3.8) is 0 Å². The molecule has 2 aromatic carbocycles. The maximum Gasteiger partial charge on any atom is 0.270 e. The largest absolute Gasteiger partial charge is 0.496 e. The van der Waals surface area contributed by atoms with Gasteiger partial charge in [0.1, 0.15) is 11.4 Å². The number of aromatic amines is 1. The normalized spacial score (nSPS) is 9.86. The summed E-state index contributed by atoms with van der Waals surface area (Å²) in [5.41, 5.74) is 2.80. The van der Waals surface area contributed by atoms with Crippen LogP contribution in [-0.4, -0.2) is 42.7 Å². The first-order valence-corrected chi connectivity index (χ1v) is 8.91. The van der Waals surface area contributed by atoms with Gasteiger partial charge in [-0.2, -0.15) is 5.10 Å². The van der Waals surface area contributed by atoms with E-state index >= 15 is 0 Å². The van der Waals surface area contributed by atoms with Crippen LogP contribution in [-0.2, 0) is 0 Å². The fourth-order valence-corrected chi connectivity index (χ4v) is 2.72. The van der Waals surface area contributed by atoms with Gasteiger partial charge in [-0.25, -0.2) is 0 Å². The molecule has 0 saturated carbocycles. The quantitative estimate of drug-likeness (QED) is 0.584. The maximum absolute atomic E-state index is 12.3. The lowest BCUT2D eigenvalue weighted by atomic mass is 10.1. The Morgan fingerprint density at radius 1 is 1.10 bits per heavy atom. The van der Waals surface area contributed by atoms with E-state index in [2.05, 4.69) is 32.7 Å². The van der Waals surface area contributed by atoms with Crippen molar-refractivity contribution in [3.05, 3.63) is 71.4 Å². The van der Waals surface area contributed by atoms with Gasteiger partial charge in [0.15, 0.2) is 0 Å². The van der Waals surface area contributed by atoms with Crippen LogP contribution in [0.4, 0.5) is 0 Å². The summed E-state index contributed by atoms with van der Waals surface area (Å²) in [6.07, 6.45) is 0. The molecule has 0 bridgehead atoms. The predicted octanol–water partition coefficient (Wildman–Crippen LogP) is 2.23. The number of aromatic nitrogens is 2. The van der Waals surface area contributed by atoms with E-state index in [1.54, 1.807) is 44.5 Å². The van der Waals surface area contributed by atoms with Gasteiger partial charge in [-0.05, 0) is 30.3 Å². The number of rotatable bonds is 5. The molecule has 29 heavy (non-hydrogen) atoms. The summed E-state index contributed by atoms with van der Waals surface area (Å²) < 4.78 is 5.32. The Hall–Kier alpha value is -4.05. The van der Waals surface area contributed by atoms with Crippen molar-refractivity contribution in [2.75, 3.05) is 20.7 Å². The molecule has 3 rings (SSSR count). The predicted molar refractivity (Wildman–Crippen MR) is 110 cm³/mol. The second-order valence-corrected chi connectivity index (χ2v) is 5.98. The van der Waals surface area contributed by atoms with Gasteiger partial charge in [0.25, 0.3) is 11.8 Å². The van der Waals surface area contributed by atoms with Crippen LogP contribution in [0, 0.1) is 11.8 Å². The standard InChI is InChI=1S/C22H20N4O3/c1-23-21(27)16-10-4-3-8-15(16)9-7-13-24-22(28)19-14-18(25-26-19)17-11-5-6-12-20(17)29-2/h3-6,8,10-12,14H,13H2,1-2H3,(H,23,27)(H,24,28)(H,25,26). The second-order valence-electron chi connectivity index (χ2n) is 5.98. The van der Waals surface area contributed by atoms with Gasteiger partial charge in [0.05, 0.1) is 24.9 Å². The number of hydrogen-bond acceptors (Lipinski definition) is 4. The number of nitrogens with one attached hydrogen (secondary N) is 3. The molecular weight excluding hydrogens is 368 g/mol. The number of para-hydroxylation sites is 1. The van der Waals surface area contributed by atoms with Gasteiger partial charge < -0.3 is 15.4 Å². The number of ether oxygens (including phenoxy) is 1. The Labute approximate surface area is 168 Å². The molecule has 0 aliphatic carbocycles. The van der Waals surface area contributed by atoms with Gasteiger partial charge in [-0.15, -0.1) is 0 Å². The van der Waals surface area contributed by atoms with Gasteiger partial charge in [-0.1, -0.05) is 36.1 Å². The van der Waals surface area contributed by atoms with Crippen LogP contribution in [0.15, 0.2) is 54.6 Å². The Morgan fingerprint density at radius 3 is 2.66 bits per heavy atom. The van der Waals surface area contributed by atoms with Crippen LogP contribution < -0.4 is 15.4 Å². The third-order valence-corrected chi connectivity index (χ3v) is 4.16. The van der Waals surface area contributed by atoms with Crippen LogP contribution in [0.5, 0.6) is 5.75 Å². The number of methoxy groups -OCH3 is 1. The van der Waals surface area contributed by atoms with Crippen molar-refractivity contribution >= 4 is 11.8 Å². The molecule has 146 valence electrons. The van der Waals surface area contributed by atoms with Crippen molar-refractivity contribution in [1.82, 2.24) is 20.8 Å². The summed E-state index contributed by atoms with van der Waals surface area (Å²) in [4.78, 5) is 24.2. The smallest absolute Gasteiger partial charge is 0.270 e. The number of hydrogen-bond donors (Lipinski definition) is 3. The Kier molecular flexibility index (Phi) is 6.28. The molecular formula is C22H20N4O3. The summed E-state index contributed by atoms with van der Waals surface area (Å²) in [6.45, 7) is 0.129. The van der Waals surface area contributed by atoms with E-state index in [4.69, 9.17) is 4.74 Å². The molecule has 1 heterocycles. The SMILES string of the molecule is CNC(=O)c1ccccc1C#CCNC(=O)c1cc(-c2ccccc2OC)n[nH]1. The first-order chi connectivity index (χ1) is 14.1. The van der Waals surface area contributed by atoms with E-state index in [9.17, 15) is 9.59 Å².